The summed E-state index contributed by atoms with van der Waals surface area (Å²) in [6.07, 6.45) is -17.1. The van der Waals surface area contributed by atoms with Crippen molar-refractivity contribution in [3.05, 3.63) is 162 Å². The van der Waals surface area contributed by atoms with Crippen LogP contribution in [0.2, 0.25) is 0 Å². The first-order chi connectivity index (χ1) is 29.2. The standard InChI is InChI=1S/C46H22F12N4/c47-43(48,49)27-5-9-32-33-10-6-28(44(50,51)52)20-38(33)61(37(32)19-27)36-14-13-31(25-3-1-24(23-59)2-4-25)42(41(36)26-15-17-60-18-16-26)62-39-21-29(45(53,54)55)7-11-34(39)35-12-8-30(22-40(35)62)46(56,57)58/h1-22H. The quantitative estimate of drug-likeness (QED) is 0.166. The van der Waals surface area contributed by atoms with E-state index < -0.39 is 47.0 Å². The van der Waals surface area contributed by atoms with Gasteiger partial charge in [0, 0.05) is 45.1 Å². The van der Waals surface area contributed by atoms with E-state index in [2.05, 4.69) is 4.98 Å². The van der Waals surface area contributed by atoms with Crippen LogP contribution in [-0.2, 0) is 24.7 Å². The average Bonchev–Trinajstić information content (AvgIpc) is 3.73. The van der Waals surface area contributed by atoms with Crippen LogP contribution in [-0.4, -0.2) is 14.1 Å². The second kappa shape index (κ2) is 13.9. The van der Waals surface area contributed by atoms with Gasteiger partial charge in [-0.1, -0.05) is 42.5 Å². The van der Waals surface area contributed by atoms with Crippen LogP contribution >= 0.6 is 0 Å². The van der Waals surface area contributed by atoms with Crippen molar-refractivity contribution >= 4 is 43.6 Å². The van der Waals surface area contributed by atoms with E-state index in [0.717, 1.165) is 72.8 Å². The Hall–Kier alpha value is -7.28. The van der Waals surface area contributed by atoms with Crippen molar-refractivity contribution in [1.82, 2.24) is 14.1 Å². The maximum atomic E-state index is 14.5. The molecule has 0 aliphatic carbocycles. The van der Waals surface area contributed by atoms with E-state index in [0.29, 0.717) is 5.56 Å². The summed E-state index contributed by atoms with van der Waals surface area (Å²) in [6.45, 7) is 0. The molecule has 0 unspecified atom stereocenters. The van der Waals surface area contributed by atoms with Crippen LogP contribution in [0.1, 0.15) is 27.8 Å². The number of aromatic nitrogens is 3. The summed E-state index contributed by atoms with van der Waals surface area (Å²) in [7, 11) is 0. The topological polar surface area (TPSA) is 46.5 Å². The number of nitriles is 1. The minimum absolute atomic E-state index is 0.0171. The van der Waals surface area contributed by atoms with Crippen LogP contribution in [0.3, 0.4) is 0 Å². The number of benzene rings is 6. The summed E-state index contributed by atoms with van der Waals surface area (Å²) in [5, 5.41) is 10.0. The third-order valence-corrected chi connectivity index (χ3v) is 10.8. The normalized spacial score (nSPS) is 12.8. The first kappa shape index (κ1) is 40.1. The van der Waals surface area contributed by atoms with Crippen molar-refractivity contribution in [3.8, 4) is 39.7 Å². The molecule has 0 fully saturated rings. The number of hydrogen-bond donors (Lipinski definition) is 0. The van der Waals surface area contributed by atoms with E-state index in [1.165, 1.54) is 70.1 Å². The molecule has 4 nitrogen and oxygen atoms in total. The summed E-state index contributed by atoms with van der Waals surface area (Å²) >= 11 is 0. The fraction of sp³-hybridized carbons (Fsp3) is 0.0870. The van der Waals surface area contributed by atoms with Crippen LogP contribution in [0.5, 0.6) is 0 Å². The van der Waals surface area contributed by atoms with Gasteiger partial charge >= 0.3 is 24.7 Å². The molecule has 0 bridgehead atoms. The van der Waals surface area contributed by atoms with Crippen molar-refractivity contribution in [2.45, 2.75) is 24.7 Å². The van der Waals surface area contributed by atoms with Crippen LogP contribution in [0.25, 0.3) is 77.2 Å². The van der Waals surface area contributed by atoms with Crippen molar-refractivity contribution < 1.29 is 52.7 Å². The monoisotopic (exact) mass is 858 g/mol. The second-order valence-corrected chi connectivity index (χ2v) is 14.4. The number of halogens is 12. The molecule has 6 aromatic carbocycles. The van der Waals surface area contributed by atoms with E-state index in [4.69, 9.17) is 0 Å². The highest BCUT2D eigenvalue weighted by Crippen LogP contribution is 2.48. The number of nitrogens with zero attached hydrogens (tertiary/aromatic N) is 4. The third-order valence-electron chi connectivity index (χ3n) is 10.8. The zero-order chi connectivity index (χ0) is 44.1. The molecule has 3 heterocycles. The van der Waals surface area contributed by atoms with Crippen molar-refractivity contribution in [3.63, 3.8) is 0 Å². The Morgan fingerprint density at radius 3 is 1.18 bits per heavy atom. The number of pyridine rings is 1. The first-order valence-electron chi connectivity index (χ1n) is 18.3. The van der Waals surface area contributed by atoms with Gasteiger partial charge < -0.3 is 9.13 Å². The molecule has 62 heavy (non-hydrogen) atoms. The van der Waals surface area contributed by atoms with Gasteiger partial charge in [0.15, 0.2) is 0 Å². The molecule has 9 aromatic rings. The lowest BCUT2D eigenvalue weighted by Gasteiger charge is -2.24. The lowest BCUT2D eigenvalue weighted by molar-refractivity contribution is -0.138. The highest BCUT2D eigenvalue weighted by atomic mass is 19.4. The Kier molecular flexibility index (Phi) is 8.99. The van der Waals surface area contributed by atoms with E-state index >= 15 is 0 Å². The lowest BCUT2D eigenvalue weighted by Crippen LogP contribution is -2.09. The summed E-state index contributed by atoms with van der Waals surface area (Å²) < 4.78 is 176. The molecular formula is C46H22F12N4. The first-order valence-corrected chi connectivity index (χ1v) is 18.3. The molecule has 0 aliphatic rings. The van der Waals surface area contributed by atoms with Crippen molar-refractivity contribution in [2.24, 2.45) is 0 Å². The van der Waals surface area contributed by atoms with E-state index in [-0.39, 0.29) is 77.2 Å². The van der Waals surface area contributed by atoms with Crippen LogP contribution in [0.4, 0.5) is 52.7 Å². The van der Waals surface area contributed by atoms with Crippen molar-refractivity contribution in [1.29, 1.82) is 5.26 Å². The van der Waals surface area contributed by atoms with Gasteiger partial charge in [0.25, 0.3) is 0 Å². The van der Waals surface area contributed by atoms with E-state index in [1.807, 2.05) is 6.07 Å². The fourth-order valence-electron chi connectivity index (χ4n) is 8.00. The van der Waals surface area contributed by atoms with E-state index in [1.54, 1.807) is 0 Å². The molecule has 0 N–H and O–H groups in total. The maximum Gasteiger partial charge on any atom is 0.416 e. The summed E-state index contributed by atoms with van der Waals surface area (Å²) in [4.78, 5) is 4.07. The Labute approximate surface area is 341 Å². The van der Waals surface area contributed by atoms with Gasteiger partial charge in [-0.05, 0) is 90.0 Å². The van der Waals surface area contributed by atoms with Crippen LogP contribution in [0.15, 0.2) is 134 Å². The highest BCUT2D eigenvalue weighted by Gasteiger charge is 2.36. The number of hydrogen-bond acceptors (Lipinski definition) is 2. The van der Waals surface area contributed by atoms with Gasteiger partial charge in [-0.25, -0.2) is 0 Å². The number of rotatable bonds is 4. The minimum atomic E-state index is -4.94. The van der Waals surface area contributed by atoms with Gasteiger partial charge in [0.1, 0.15) is 0 Å². The van der Waals surface area contributed by atoms with E-state index in [9.17, 15) is 57.9 Å². The molecule has 0 aliphatic heterocycles. The predicted molar refractivity (Wildman–Crippen MR) is 209 cm³/mol. The molecule has 0 saturated carbocycles. The molecule has 310 valence electrons. The zero-order valence-corrected chi connectivity index (χ0v) is 31.0. The van der Waals surface area contributed by atoms with Gasteiger partial charge in [-0.2, -0.15) is 57.9 Å². The van der Waals surface area contributed by atoms with Crippen LogP contribution in [0, 0.1) is 11.3 Å². The molecule has 3 aromatic heterocycles. The summed E-state index contributed by atoms with van der Waals surface area (Å²) in [6, 6.07) is 24.2. The number of fused-ring (bicyclic) bond motifs is 6. The molecule has 0 saturated heterocycles. The van der Waals surface area contributed by atoms with Gasteiger partial charge in [-0.3, -0.25) is 4.98 Å². The summed E-state index contributed by atoms with van der Waals surface area (Å²) in [5.74, 6) is 0. The molecule has 9 rings (SSSR count). The maximum absolute atomic E-state index is 14.5. The Morgan fingerprint density at radius 1 is 0.419 bits per heavy atom. The molecule has 0 amide bonds. The van der Waals surface area contributed by atoms with Crippen molar-refractivity contribution in [2.75, 3.05) is 0 Å². The Bertz CT molecular complexity index is 3150. The number of alkyl halides is 12. The molecule has 0 atom stereocenters. The highest BCUT2D eigenvalue weighted by molar-refractivity contribution is 6.13. The SMILES string of the molecule is N#Cc1ccc(-c2ccc(-n3c4cc(C(F)(F)F)ccc4c4ccc(C(F)(F)F)cc43)c(-c3ccncc3)c2-n2c3cc(C(F)(F)F)ccc3c3ccc(C(F)(F)F)cc32)cc1. The Morgan fingerprint density at radius 2 is 0.806 bits per heavy atom. The second-order valence-electron chi connectivity index (χ2n) is 14.4. The smallest absolute Gasteiger partial charge is 0.309 e. The molecule has 0 spiro atoms. The van der Waals surface area contributed by atoms with Gasteiger partial charge in [-0.15, -0.1) is 0 Å². The Balaban J connectivity index is 1.55. The van der Waals surface area contributed by atoms with Gasteiger partial charge in [0.2, 0.25) is 0 Å². The third kappa shape index (κ3) is 6.64. The molecular weight excluding hydrogens is 837 g/mol. The summed E-state index contributed by atoms with van der Waals surface area (Å²) in [5.41, 5.74) is -4.82. The molecule has 16 heteroatoms. The largest absolute Gasteiger partial charge is 0.416 e. The average molecular weight is 859 g/mol. The fourth-order valence-corrected chi connectivity index (χ4v) is 8.00. The zero-order valence-electron chi connectivity index (χ0n) is 31.0. The van der Waals surface area contributed by atoms with Gasteiger partial charge in [0.05, 0.1) is 67.3 Å². The minimum Gasteiger partial charge on any atom is -0.309 e. The predicted octanol–water partition coefficient (Wildman–Crippen LogP) is 14.6. The van der Waals surface area contributed by atoms with Crippen LogP contribution < -0.4 is 0 Å². The molecule has 0 radical (unpaired) electrons. The lowest BCUT2D eigenvalue weighted by atomic mass is 9.93.